The molecule has 0 saturated carbocycles. The first kappa shape index (κ1) is 19.1. The highest BCUT2D eigenvalue weighted by molar-refractivity contribution is 9.10. The van der Waals surface area contributed by atoms with Crippen LogP contribution in [0.2, 0.25) is 0 Å². The summed E-state index contributed by atoms with van der Waals surface area (Å²) in [4.78, 5) is 24.1. The van der Waals surface area contributed by atoms with E-state index in [-0.39, 0.29) is 24.0 Å². The van der Waals surface area contributed by atoms with Crippen molar-refractivity contribution in [1.29, 1.82) is 0 Å². The number of anilines is 1. The number of carbonyl (C=O) groups is 2. The number of carbonyl (C=O) groups excluding carboxylic acids is 2. The minimum Gasteiger partial charge on any atom is -0.507 e. The minimum absolute atomic E-state index is 0.0226. The predicted octanol–water partition coefficient (Wildman–Crippen LogP) is 3.11. The van der Waals surface area contributed by atoms with Crippen LogP contribution >= 0.6 is 27.7 Å². The van der Waals surface area contributed by atoms with Crippen LogP contribution in [0.1, 0.15) is 12.0 Å². The van der Waals surface area contributed by atoms with Gasteiger partial charge in [0.1, 0.15) is 11.0 Å². The first-order chi connectivity index (χ1) is 13.0. The Morgan fingerprint density at radius 1 is 1.26 bits per heavy atom. The molecule has 138 valence electrons. The molecule has 0 radical (unpaired) electrons. The predicted molar refractivity (Wildman–Crippen MR) is 110 cm³/mol. The van der Waals surface area contributed by atoms with E-state index in [2.05, 4.69) is 36.8 Å². The molecule has 0 bridgehead atoms. The Balaban J connectivity index is 1.56. The average molecular weight is 447 g/mol. The molecule has 0 spiro atoms. The second-order valence-electron chi connectivity index (χ2n) is 5.56. The number of halogens is 1. The second kappa shape index (κ2) is 8.83. The number of nitrogens with one attached hydrogen (secondary N) is 2. The van der Waals surface area contributed by atoms with Crippen LogP contribution in [0.3, 0.4) is 0 Å². The normalized spacial score (nSPS) is 18.0. The van der Waals surface area contributed by atoms with E-state index in [0.29, 0.717) is 16.4 Å². The molecule has 1 fully saturated rings. The number of aromatic hydroxyl groups is 1. The Morgan fingerprint density at radius 3 is 2.74 bits per heavy atom. The fourth-order valence-electron chi connectivity index (χ4n) is 2.24. The van der Waals surface area contributed by atoms with Crippen LogP contribution in [0.4, 0.5) is 5.69 Å². The zero-order valence-electron chi connectivity index (χ0n) is 13.9. The molecule has 1 aliphatic rings. The first-order valence-electron chi connectivity index (χ1n) is 7.93. The van der Waals surface area contributed by atoms with Crippen molar-refractivity contribution in [3.63, 3.8) is 0 Å². The largest absolute Gasteiger partial charge is 0.507 e. The van der Waals surface area contributed by atoms with Gasteiger partial charge in [0.25, 0.3) is 0 Å². The second-order valence-corrected chi connectivity index (χ2v) is 7.67. The molecule has 1 atom stereocenters. The molecule has 1 aliphatic heterocycles. The van der Waals surface area contributed by atoms with Gasteiger partial charge < -0.3 is 15.7 Å². The number of amides is 2. The van der Waals surface area contributed by atoms with Gasteiger partial charge in [-0.2, -0.15) is 5.10 Å². The summed E-state index contributed by atoms with van der Waals surface area (Å²) < 4.78 is 0.913. The van der Waals surface area contributed by atoms with Crippen LogP contribution in [-0.2, 0) is 9.59 Å². The molecule has 27 heavy (non-hydrogen) atoms. The van der Waals surface area contributed by atoms with Crippen LogP contribution in [0.15, 0.2) is 63.2 Å². The molecular weight excluding hydrogens is 432 g/mol. The van der Waals surface area contributed by atoms with Crippen LogP contribution in [0.25, 0.3) is 0 Å². The van der Waals surface area contributed by atoms with Gasteiger partial charge in [-0.1, -0.05) is 39.8 Å². The topological polar surface area (TPSA) is 103 Å². The maximum atomic E-state index is 12.1. The Labute approximate surface area is 168 Å². The third-order valence-corrected chi connectivity index (χ3v) is 5.16. The standard InChI is InChI=1S/C18H15BrN4O3S/c19-12-5-7-13(8-6-12)21-16(25)9-15-17(26)22-18(27-15)23-20-10-11-3-1-2-4-14(11)24/h1-8,10,15,24H,9H2,(H,21,25)(H,22,23,26). The lowest BCUT2D eigenvalue weighted by Gasteiger charge is -2.07. The van der Waals surface area contributed by atoms with Gasteiger partial charge in [0.15, 0.2) is 5.17 Å². The van der Waals surface area contributed by atoms with Gasteiger partial charge in [-0.3, -0.25) is 9.59 Å². The smallest absolute Gasteiger partial charge is 0.240 e. The quantitative estimate of drug-likeness (QED) is 0.484. The zero-order chi connectivity index (χ0) is 19.2. The molecule has 1 saturated heterocycles. The molecule has 2 amide bonds. The van der Waals surface area contributed by atoms with E-state index in [0.717, 1.165) is 16.2 Å². The number of nitrogens with zero attached hydrogens (tertiary/aromatic N) is 2. The highest BCUT2D eigenvalue weighted by Gasteiger charge is 2.32. The fraction of sp³-hybridized carbons (Fsp3) is 0.111. The molecule has 1 heterocycles. The molecule has 2 aromatic carbocycles. The number of rotatable bonds is 5. The third kappa shape index (κ3) is 5.41. The summed E-state index contributed by atoms with van der Waals surface area (Å²) in [5.74, 6) is -0.460. The molecule has 0 aromatic heterocycles. The number of phenolic OH excluding ortho intramolecular Hbond substituents is 1. The summed E-state index contributed by atoms with van der Waals surface area (Å²) in [6, 6.07) is 13.9. The number of hydrogen-bond donors (Lipinski definition) is 3. The molecular formula is C18H15BrN4O3S. The van der Waals surface area contributed by atoms with E-state index < -0.39 is 5.25 Å². The van der Waals surface area contributed by atoms with Crippen molar-refractivity contribution in [1.82, 2.24) is 5.32 Å². The molecule has 7 nitrogen and oxygen atoms in total. The van der Waals surface area contributed by atoms with Crippen molar-refractivity contribution in [2.45, 2.75) is 11.7 Å². The lowest BCUT2D eigenvalue weighted by Crippen LogP contribution is -2.28. The van der Waals surface area contributed by atoms with Crippen molar-refractivity contribution in [3.05, 3.63) is 58.6 Å². The highest BCUT2D eigenvalue weighted by atomic mass is 79.9. The van der Waals surface area contributed by atoms with Crippen molar-refractivity contribution in [3.8, 4) is 5.75 Å². The molecule has 3 rings (SSSR count). The fourth-order valence-corrected chi connectivity index (χ4v) is 3.43. The van der Waals surface area contributed by atoms with E-state index in [9.17, 15) is 14.7 Å². The number of phenols is 1. The number of thioether (sulfide) groups is 1. The third-order valence-electron chi connectivity index (χ3n) is 3.56. The SMILES string of the molecule is O=C(CC1S/C(=N/N=Cc2ccccc2O)NC1=O)Nc1ccc(Br)cc1. The molecule has 2 aromatic rings. The number of benzene rings is 2. The van der Waals surface area contributed by atoms with Crippen molar-refractivity contribution >= 4 is 56.6 Å². The van der Waals surface area contributed by atoms with Crippen LogP contribution in [0, 0.1) is 0 Å². The lowest BCUT2D eigenvalue weighted by molar-refractivity contribution is -0.122. The van der Waals surface area contributed by atoms with Crippen molar-refractivity contribution in [2.24, 2.45) is 10.2 Å². The van der Waals surface area contributed by atoms with Gasteiger partial charge in [-0.15, -0.1) is 5.10 Å². The van der Waals surface area contributed by atoms with Gasteiger partial charge in [0, 0.05) is 22.1 Å². The Hall–Kier alpha value is -2.65. The molecule has 3 N–H and O–H groups in total. The van der Waals surface area contributed by atoms with E-state index in [4.69, 9.17) is 0 Å². The van der Waals surface area contributed by atoms with Crippen LogP contribution < -0.4 is 10.6 Å². The maximum absolute atomic E-state index is 12.1. The number of amidine groups is 1. The molecule has 1 unspecified atom stereocenters. The van der Waals surface area contributed by atoms with Crippen LogP contribution in [0.5, 0.6) is 5.75 Å². The summed E-state index contributed by atoms with van der Waals surface area (Å²) in [6.07, 6.45) is 1.41. The van der Waals surface area contributed by atoms with Gasteiger partial charge >= 0.3 is 0 Å². The van der Waals surface area contributed by atoms with E-state index in [1.54, 1.807) is 36.4 Å². The zero-order valence-corrected chi connectivity index (χ0v) is 16.3. The van der Waals surface area contributed by atoms with Gasteiger partial charge in [-0.05, 0) is 36.4 Å². The minimum atomic E-state index is -0.570. The van der Waals surface area contributed by atoms with Gasteiger partial charge in [0.05, 0.1) is 6.21 Å². The maximum Gasteiger partial charge on any atom is 0.240 e. The van der Waals surface area contributed by atoms with Gasteiger partial charge in [0.2, 0.25) is 11.8 Å². The van der Waals surface area contributed by atoms with E-state index in [1.807, 2.05) is 12.1 Å². The summed E-state index contributed by atoms with van der Waals surface area (Å²) in [6.45, 7) is 0. The van der Waals surface area contributed by atoms with E-state index >= 15 is 0 Å². The number of para-hydroxylation sites is 1. The summed E-state index contributed by atoms with van der Waals surface area (Å²) >= 11 is 4.47. The van der Waals surface area contributed by atoms with Crippen molar-refractivity contribution in [2.75, 3.05) is 5.32 Å². The Morgan fingerprint density at radius 2 is 2.00 bits per heavy atom. The monoisotopic (exact) mass is 446 g/mol. The highest BCUT2D eigenvalue weighted by Crippen LogP contribution is 2.23. The average Bonchev–Trinajstić information content (AvgIpc) is 2.98. The first-order valence-corrected chi connectivity index (χ1v) is 9.60. The summed E-state index contributed by atoms with van der Waals surface area (Å²) in [7, 11) is 0. The van der Waals surface area contributed by atoms with Crippen molar-refractivity contribution < 1.29 is 14.7 Å². The number of hydrogen-bond acceptors (Lipinski definition) is 6. The Kier molecular flexibility index (Phi) is 6.25. The summed E-state index contributed by atoms with van der Waals surface area (Å²) in [5, 5.41) is 22.5. The summed E-state index contributed by atoms with van der Waals surface area (Å²) in [5.41, 5.74) is 1.18. The van der Waals surface area contributed by atoms with Gasteiger partial charge in [-0.25, -0.2) is 0 Å². The van der Waals surface area contributed by atoms with Crippen LogP contribution in [-0.4, -0.2) is 33.6 Å². The molecule has 0 aliphatic carbocycles. The van der Waals surface area contributed by atoms with E-state index in [1.165, 1.54) is 6.21 Å². The lowest BCUT2D eigenvalue weighted by atomic mass is 10.2. The Bertz CT molecular complexity index is 915. The molecule has 9 heteroatoms.